The van der Waals surface area contributed by atoms with Crippen LogP contribution >= 0.6 is 0 Å². The van der Waals surface area contributed by atoms with Crippen molar-refractivity contribution in [3.05, 3.63) is 71.0 Å². The fraction of sp³-hybridized carbons (Fsp3) is 0.259. The monoisotopic (exact) mass is 506 g/mol. The highest BCUT2D eigenvalue weighted by Gasteiger charge is 2.26. The average Bonchev–Trinajstić information content (AvgIpc) is 3.12. The summed E-state index contributed by atoms with van der Waals surface area (Å²) in [5.41, 5.74) is 10.8. The fourth-order valence-corrected chi connectivity index (χ4v) is 5.46. The van der Waals surface area contributed by atoms with Crippen molar-refractivity contribution in [2.75, 3.05) is 24.6 Å². The number of aromatic nitrogens is 2. The first-order chi connectivity index (χ1) is 17.4. The SMILES string of the molecule is CCc1c(C(=O)N2CCOc3ccc(-c4ccc5nc(N)[nH]c5c4)cc3C2)ccc(S(=O)CC)c1F. The Morgan fingerprint density at radius 1 is 1.17 bits per heavy atom. The predicted octanol–water partition coefficient (Wildman–Crippen LogP) is 4.68. The minimum absolute atomic E-state index is 0.149. The Labute approximate surface area is 210 Å². The van der Waals surface area contributed by atoms with E-state index in [-0.39, 0.29) is 10.8 Å². The molecule has 1 aliphatic heterocycles. The molecule has 0 spiro atoms. The molecule has 7 nitrogen and oxygen atoms in total. The molecule has 1 atom stereocenters. The van der Waals surface area contributed by atoms with Crippen molar-refractivity contribution in [2.45, 2.75) is 31.7 Å². The molecule has 0 aliphatic carbocycles. The molecule has 4 aromatic rings. The van der Waals surface area contributed by atoms with Gasteiger partial charge in [0.2, 0.25) is 0 Å². The van der Waals surface area contributed by atoms with E-state index in [0.29, 0.717) is 48.9 Å². The number of fused-ring (bicyclic) bond motifs is 2. The lowest BCUT2D eigenvalue weighted by molar-refractivity contribution is 0.0731. The number of carbonyl (C=O) groups is 1. The maximum absolute atomic E-state index is 15.2. The number of imidazole rings is 1. The van der Waals surface area contributed by atoms with Crippen molar-refractivity contribution in [3.63, 3.8) is 0 Å². The van der Waals surface area contributed by atoms with Crippen LogP contribution < -0.4 is 10.5 Å². The highest BCUT2D eigenvalue weighted by atomic mass is 32.2. The van der Waals surface area contributed by atoms with Crippen LogP contribution in [-0.4, -0.2) is 43.9 Å². The van der Waals surface area contributed by atoms with Crippen molar-refractivity contribution in [2.24, 2.45) is 0 Å². The molecular weight excluding hydrogens is 479 g/mol. The molecule has 0 radical (unpaired) electrons. The van der Waals surface area contributed by atoms with E-state index in [0.717, 1.165) is 33.5 Å². The molecule has 1 aliphatic rings. The largest absolute Gasteiger partial charge is 0.491 e. The minimum atomic E-state index is -1.43. The molecule has 1 unspecified atom stereocenters. The van der Waals surface area contributed by atoms with Crippen LogP contribution in [0.5, 0.6) is 5.75 Å². The summed E-state index contributed by atoms with van der Waals surface area (Å²) in [6.07, 6.45) is 0.327. The summed E-state index contributed by atoms with van der Waals surface area (Å²) in [6, 6.07) is 14.8. The van der Waals surface area contributed by atoms with Gasteiger partial charge in [-0.1, -0.05) is 26.0 Å². The third-order valence-corrected chi connectivity index (χ3v) is 7.79. The van der Waals surface area contributed by atoms with E-state index >= 15 is 4.39 Å². The number of ether oxygens (including phenoxy) is 1. The van der Waals surface area contributed by atoms with E-state index in [1.54, 1.807) is 24.8 Å². The van der Waals surface area contributed by atoms with Crippen LogP contribution in [0.15, 0.2) is 53.4 Å². The second kappa shape index (κ2) is 9.73. The fourth-order valence-electron chi connectivity index (χ4n) is 4.60. The molecule has 0 fully saturated rings. The van der Waals surface area contributed by atoms with Crippen LogP contribution in [0.4, 0.5) is 10.3 Å². The van der Waals surface area contributed by atoms with Gasteiger partial charge < -0.3 is 20.4 Å². The molecule has 1 aromatic heterocycles. The summed E-state index contributed by atoms with van der Waals surface area (Å²) in [6.45, 7) is 4.57. The van der Waals surface area contributed by atoms with Gasteiger partial charge in [-0.15, -0.1) is 0 Å². The number of hydrogen-bond acceptors (Lipinski definition) is 5. The van der Waals surface area contributed by atoms with Gasteiger partial charge >= 0.3 is 0 Å². The maximum Gasteiger partial charge on any atom is 0.254 e. The summed E-state index contributed by atoms with van der Waals surface area (Å²) in [7, 11) is -1.43. The first-order valence-corrected chi connectivity index (χ1v) is 13.2. The van der Waals surface area contributed by atoms with Crippen LogP contribution in [0.25, 0.3) is 22.2 Å². The number of nitrogens with two attached hydrogens (primary N) is 1. The average molecular weight is 507 g/mol. The van der Waals surface area contributed by atoms with Gasteiger partial charge in [0.05, 0.1) is 33.3 Å². The summed E-state index contributed by atoms with van der Waals surface area (Å²) in [4.78, 5) is 22.7. The van der Waals surface area contributed by atoms with Gasteiger partial charge in [0.25, 0.3) is 5.91 Å². The second-order valence-corrected chi connectivity index (χ2v) is 10.4. The number of benzene rings is 3. The van der Waals surface area contributed by atoms with Gasteiger partial charge in [-0.05, 0) is 53.9 Å². The van der Waals surface area contributed by atoms with Crippen LogP contribution in [0.1, 0.15) is 35.3 Å². The molecule has 0 saturated heterocycles. The van der Waals surface area contributed by atoms with Crippen molar-refractivity contribution >= 4 is 33.7 Å². The first kappa shape index (κ1) is 24.0. The zero-order valence-electron chi connectivity index (χ0n) is 20.1. The predicted molar refractivity (Wildman–Crippen MR) is 139 cm³/mol. The molecule has 2 heterocycles. The lowest BCUT2D eigenvalue weighted by atomic mass is 10.0. The number of halogens is 1. The van der Waals surface area contributed by atoms with Crippen LogP contribution in [0, 0.1) is 5.82 Å². The van der Waals surface area contributed by atoms with E-state index < -0.39 is 16.6 Å². The Bertz CT molecular complexity index is 1500. The van der Waals surface area contributed by atoms with E-state index in [1.807, 2.05) is 36.4 Å². The number of H-pyrrole nitrogens is 1. The van der Waals surface area contributed by atoms with Crippen molar-refractivity contribution < 1.29 is 18.1 Å². The van der Waals surface area contributed by atoms with Crippen molar-refractivity contribution in [1.82, 2.24) is 14.9 Å². The van der Waals surface area contributed by atoms with Crippen molar-refractivity contribution in [1.29, 1.82) is 0 Å². The maximum atomic E-state index is 15.2. The molecule has 186 valence electrons. The topological polar surface area (TPSA) is 101 Å². The number of nitrogens with one attached hydrogen (secondary N) is 1. The number of aromatic amines is 1. The minimum Gasteiger partial charge on any atom is -0.491 e. The molecule has 5 rings (SSSR count). The van der Waals surface area contributed by atoms with E-state index in [4.69, 9.17) is 10.5 Å². The molecule has 0 bridgehead atoms. The molecule has 1 amide bonds. The molecule has 3 N–H and O–H groups in total. The van der Waals surface area contributed by atoms with Gasteiger partial charge in [0, 0.05) is 29.0 Å². The Hall–Kier alpha value is -3.72. The zero-order chi connectivity index (χ0) is 25.4. The Morgan fingerprint density at radius 2 is 1.94 bits per heavy atom. The Balaban J connectivity index is 1.47. The second-order valence-electron chi connectivity index (χ2n) is 8.64. The molecular formula is C27H27FN4O3S. The van der Waals surface area contributed by atoms with E-state index in [2.05, 4.69) is 9.97 Å². The summed E-state index contributed by atoms with van der Waals surface area (Å²) >= 11 is 0. The van der Waals surface area contributed by atoms with Crippen molar-refractivity contribution in [3.8, 4) is 16.9 Å². The standard InChI is InChI=1S/C27H27FN4O3S/c1-3-19-20(7-10-24(25(19)28)36(34)4-2)26(33)32-11-12-35-23-9-6-16(13-18(23)15-32)17-5-8-21-22(14-17)31-27(29)30-21/h5-10,13-14H,3-4,11-12,15H2,1-2H3,(H3,29,30,31). The number of nitrogens with zero attached hydrogens (tertiary/aromatic N) is 2. The number of anilines is 1. The number of hydrogen-bond donors (Lipinski definition) is 2. The van der Waals surface area contributed by atoms with Gasteiger partial charge in [-0.3, -0.25) is 9.00 Å². The Kier molecular flexibility index (Phi) is 6.49. The number of amides is 1. The van der Waals surface area contributed by atoms with Gasteiger partial charge in [0.15, 0.2) is 5.95 Å². The third-order valence-electron chi connectivity index (χ3n) is 6.46. The van der Waals surface area contributed by atoms with Gasteiger partial charge in [-0.2, -0.15) is 0 Å². The van der Waals surface area contributed by atoms with Crippen LogP contribution in [0.3, 0.4) is 0 Å². The lowest BCUT2D eigenvalue weighted by Gasteiger charge is -2.22. The molecule has 3 aromatic carbocycles. The lowest BCUT2D eigenvalue weighted by Crippen LogP contribution is -2.33. The quantitative estimate of drug-likeness (QED) is 0.409. The Morgan fingerprint density at radius 3 is 2.72 bits per heavy atom. The number of carbonyl (C=O) groups excluding carboxylic acids is 1. The normalized spacial score (nSPS) is 14.2. The third kappa shape index (κ3) is 4.35. The van der Waals surface area contributed by atoms with Gasteiger partial charge in [-0.25, -0.2) is 9.37 Å². The van der Waals surface area contributed by atoms with E-state index in [1.165, 1.54) is 6.07 Å². The van der Waals surface area contributed by atoms with Crippen LogP contribution in [-0.2, 0) is 23.8 Å². The summed E-state index contributed by atoms with van der Waals surface area (Å²) < 4.78 is 33.3. The van der Waals surface area contributed by atoms with Crippen LogP contribution in [0.2, 0.25) is 0 Å². The first-order valence-electron chi connectivity index (χ1n) is 11.9. The number of nitrogen functional groups attached to an aromatic ring is 1. The molecule has 9 heteroatoms. The highest BCUT2D eigenvalue weighted by Crippen LogP contribution is 2.32. The smallest absolute Gasteiger partial charge is 0.254 e. The molecule has 36 heavy (non-hydrogen) atoms. The summed E-state index contributed by atoms with van der Waals surface area (Å²) in [5.74, 6) is 0.583. The highest BCUT2D eigenvalue weighted by molar-refractivity contribution is 7.85. The van der Waals surface area contributed by atoms with E-state index in [9.17, 15) is 9.00 Å². The number of rotatable bonds is 5. The molecule has 0 saturated carbocycles. The summed E-state index contributed by atoms with van der Waals surface area (Å²) in [5, 5.41) is 0. The zero-order valence-corrected chi connectivity index (χ0v) is 21.0. The van der Waals surface area contributed by atoms with Gasteiger partial charge in [0.1, 0.15) is 18.2 Å².